The zero-order valence-electron chi connectivity index (χ0n) is 7.95. The number of hydrogen-bond acceptors (Lipinski definition) is 2. The van der Waals surface area contributed by atoms with Crippen LogP contribution in [0, 0.1) is 6.92 Å². The molecule has 0 saturated heterocycles. The molecule has 0 spiro atoms. The van der Waals surface area contributed by atoms with Gasteiger partial charge in [-0.25, -0.2) is 0 Å². The van der Waals surface area contributed by atoms with Crippen LogP contribution >= 0.6 is 0 Å². The van der Waals surface area contributed by atoms with Gasteiger partial charge in [0.1, 0.15) is 5.75 Å². The van der Waals surface area contributed by atoms with Crippen LogP contribution in [0.4, 0.5) is 0 Å². The number of unbranched alkanes of at least 4 members (excludes halogenated alkanes) is 1. The van der Waals surface area contributed by atoms with Crippen LogP contribution in [0.3, 0.4) is 0 Å². The van der Waals surface area contributed by atoms with Gasteiger partial charge in [0.2, 0.25) is 0 Å². The van der Waals surface area contributed by atoms with Crippen LogP contribution < -0.4 is 9.84 Å². The predicted molar refractivity (Wildman–Crippen MR) is 50.8 cm³/mol. The third-order valence-electron chi connectivity index (χ3n) is 1.83. The van der Waals surface area contributed by atoms with Crippen LogP contribution in [0.25, 0.3) is 0 Å². The molecule has 0 N–H and O–H groups in total. The van der Waals surface area contributed by atoms with Crippen molar-refractivity contribution in [2.45, 2.75) is 19.8 Å². The second kappa shape index (κ2) is 5.60. The second-order valence-corrected chi connectivity index (χ2v) is 3.07. The van der Waals surface area contributed by atoms with Gasteiger partial charge in [0.05, 0.1) is 6.61 Å². The lowest BCUT2D eigenvalue weighted by Crippen LogP contribution is -2.07. The molecule has 0 amide bonds. The summed E-state index contributed by atoms with van der Waals surface area (Å²) in [5.41, 5.74) is 1.23. The summed E-state index contributed by atoms with van der Waals surface area (Å²) >= 11 is 0. The highest BCUT2D eigenvalue weighted by Crippen LogP contribution is 2.11. The maximum absolute atomic E-state index is 10.1. The maximum Gasteiger partial charge on any atom is 0.119 e. The van der Waals surface area contributed by atoms with Gasteiger partial charge in [-0.15, -0.1) is 6.61 Å². The molecule has 0 atom stereocenters. The first kappa shape index (κ1) is 10.1. The molecule has 0 saturated carbocycles. The largest absolute Gasteiger partial charge is 0.854 e. The van der Waals surface area contributed by atoms with Crippen LogP contribution in [0.1, 0.15) is 18.4 Å². The molecular formula is C11H15O2-. The first-order chi connectivity index (χ1) is 6.33. The van der Waals surface area contributed by atoms with E-state index in [4.69, 9.17) is 4.74 Å². The Labute approximate surface area is 79.2 Å². The lowest BCUT2D eigenvalue weighted by Gasteiger charge is -2.07. The standard InChI is InChI=1S/C11H15O2/c1-10-4-6-11(7-5-10)13-9-3-2-8-12/h4-7H,2-3,8-9H2,1H3/q-1. The molecule has 0 fully saturated rings. The Morgan fingerprint density at radius 2 is 1.85 bits per heavy atom. The van der Waals surface area contributed by atoms with Gasteiger partial charge in [-0.3, -0.25) is 0 Å². The Balaban J connectivity index is 2.25. The van der Waals surface area contributed by atoms with Gasteiger partial charge in [0.25, 0.3) is 0 Å². The summed E-state index contributed by atoms with van der Waals surface area (Å²) in [7, 11) is 0. The van der Waals surface area contributed by atoms with Gasteiger partial charge < -0.3 is 9.84 Å². The molecule has 0 aliphatic carbocycles. The van der Waals surface area contributed by atoms with E-state index in [1.807, 2.05) is 31.2 Å². The first-order valence-corrected chi connectivity index (χ1v) is 4.60. The highest BCUT2D eigenvalue weighted by molar-refractivity contribution is 5.26. The molecular weight excluding hydrogens is 164 g/mol. The highest BCUT2D eigenvalue weighted by Gasteiger charge is 1.91. The third-order valence-corrected chi connectivity index (χ3v) is 1.83. The Hall–Kier alpha value is -1.02. The zero-order chi connectivity index (χ0) is 9.52. The molecule has 0 unspecified atom stereocenters. The summed E-state index contributed by atoms with van der Waals surface area (Å²) in [5, 5.41) is 10.1. The molecule has 2 nitrogen and oxygen atoms in total. The van der Waals surface area contributed by atoms with Crippen LogP contribution in [0.15, 0.2) is 24.3 Å². The molecule has 1 aromatic carbocycles. The average Bonchev–Trinajstić information content (AvgIpc) is 2.15. The Morgan fingerprint density at radius 1 is 1.15 bits per heavy atom. The molecule has 1 rings (SSSR count). The van der Waals surface area contributed by atoms with Crippen LogP contribution in [-0.2, 0) is 0 Å². The van der Waals surface area contributed by atoms with Crippen LogP contribution in [-0.4, -0.2) is 13.2 Å². The van der Waals surface area contributed by atoms with Gasteiger partial charge >= 0.3 is 0 Å². The predicted octanol–water partition coefficient (Wildman–Crippen LogP) is 1.51. The van der Waals surface area contributed by atoms with Crippen molar-refractivity contribution in [1.29, 1.82) is 0 Å². The SMILES string of the molecule is Cc1ccc(OCCCC[O-])cc1. The molecule has 0 heterocycles. The quantitative estimate of drug-likeness (QED) is 0.642. The van der Waals surface area contributed by atoms with Crippen molar-refractivity contribution in [2.24, 2.45) is 0 Å². The van der Waals surface area contributed by atoms with Crippen molar-refractivity contribution < 1.29 is 9.84 Å². The fourth-order valence-corrected chi connectivity index (χ4v) is 1.03. The average molecular weight is 179 g/mol. The third kappa shape index (κ3) is 3.95. The summed E-state index contributed by atoms with van der Waals surface area (Å²) in [6, 6.07) is 7.94. The number of ether oxygens (including phenoxy) is 1. The molecule has 0 bridgehead atoms. The summed E-state index contributed by atoms with van der Waals surface area (Å²) in [5.74, 6) is 0.886. The number of aryl methyl sites for hydroxylation is 1. The monoisotopic (exact) mass is 179 g/mol. The zero-order valence-corrected chi connectivity index (χ0v) is 7.95. The van der Waals surface area contributed by atoms with Gasteiger partial charge in [0, 0.05) is 0 Å². The summed E-state index contributed by atoms with van der Waals surface area (Å²) in [4.78, 5) is 0. The molecule has 0 aromatic heterocycles. The maximum atomic E-state index is 10.1. The Morgan fingerprint density at radius 3 is 2.46 bits per heavy atom. The van der Waals surface area contributed by atoms with E-state index < -0.39 is 0 Å². The summed E-state index contributed by atoms with van der Waals surface area (Å²) < 4.78 is 5.42. The Bertz CT molecular complexity index is 228. The lowest BCUT2D eigenvalue weighted by molar-refractivity contribution is -0.368. The minimum atomic E-state index is -0.00272. The van der Waals surface area contributed by atoms with E-state index in [2.05, 4.69) is 0 Å². The summed E-state index contributed by atoms with van der Waals surface area (Å²) in [6.45, 7) is 2.68. The number of hydrogen-bond donors (Lipinski definition) is 0. The fraction of sp³-hybridized carbons (Fsp3) is 0.455. The number of rotatable bonds is 5. The van der Waals surface area contributed by atoms with E-state index in [0.29, 0.717) is 13.0 Å². The van der Waals surface area contributed by atoms with Gasteiger partial charge in [-0.1, -0.05) is 24.1 Å². The van der Waals surface area contributed by atoms with E-state index in [1.54, 1.807) is 0 Å². The number of benzene rings is 1. The second-order valence-electron chi connectivity index (χ2n) is 3.07. The molecule has 72 valence electrons. The Kier molecular flexibility index (Phi) is 4.33. The van der Waals surface area contributed by atoms with Crippen molar-refractivity contribution in [2.75, 3.05) is 13.2 Å². The smallest absolute Gasteiger partial charge is 0.119 e. The van der Waals surface area contributed by atoms with Crippen molar-refractivity contribution in [1.82, 2.24) is 0 Å². The molecule has 13 heavy (non-hydrogen) atoms. The van der Waals surface area contributed by atoms with Crippen molar-refractivity contribution in [3.63, 3.8) is 0 Å². The molecule has 0 aliphatic rings. The first-order valence-electron chi connectivity index (χ1n) is 4.60. The normalized spacial score (nSPS) is 10.0. The van der Waals surface area contributed by atoms with Gasteiger partial charge in [0.15, 0.2) is 0 Å². The lowest BCUT2D eigenvalue weighted by atomic mass is 10.2. The van der Waals surface area contributed by atoms with Crippen LogP contribution in [0.2, 0.25) is 0 Å². The molecule has 0 radical (unpaired) electrons. The van der Waals surface area contributed by atoms with E-state index in [1.165, 1.54) is 5.56 Å². The molecule has 2 heteroatoms. The van der Waals surface area contributed by atoms with Crippen molar-refractivity contribution >= 4 is 0 Å². The van der Waals surface area contributed by atoms with E-state index in [-0.39, 0.29) is 6.61 Å². The van der Waals surface area contributed by atoms with E-state index in [0.717, 1.165) is 12.2 Å². The van der Waals surface area contributed by atoms with E-state index in [9.17, 15) is 5.11 Å². The van der Waals surface area contributed by atoms with Crippen molar-refractivity contribution in [3.8, 4) is 5.75 Å². The van der Waals surface area contributed by atoms with Crippen molar-refractivity contribution in [3.05, 3.63) is 29.8 Å². The summed E-state index contributed by atoms with van der Waals surface area (Å²) in [6.07, 6.45) is 1.54. The fourth-order valence-electron chi connectivity index (χ4n) is 1.03. The molecule has 0 aliphatic heterocycles. The van der Waals surface area contributed by atoms with Gasteiger partial charge in [-0.05, 0) is 25.5 Å². The van der Waals surface area contributed by atoms with Gasteiger partial charge in [-0.2, -0.15) is 0 Å². The van der Waals surface area contributed by atoms with Crippen LogP contribution in [0.5, 0.6) is 5.75 Å². The highest BCUT2D eigenvalue weighted by atomic mass is 16.5. The minimum absolute atomic E-state index is 0.00272. The topological polar surface area (TPSA) is 32.3 Å². The minimum Gasteiger partial charge on any atom is -0.854 e. The molecule has 1 aromatic rings. The van der Waals surface area contributed by atoms with E-state index >= 15 is 0 Å².